The summed E-state index contributed by atoms with van der Waals surface area (Å²) in [4.78, 5) is 12.1. The number of halogens is 6. The monoisotopic (exact) mass is 548 g/mol. The van der Waals surface area contributed by atoms with E-state index in [-0.39, 0.29) is 34.0 Å². The molecule has 8 nitrogen and oxygen atoms in total. The summed E-state index contributed by atoms with van der Waals surface area (Å²) in [6.07, 6.45) is -5.00. The average Bonchev–Trinajstić information content (AvgIpc) is 3.20. The highest BCUT2D eigenvalue weighted by molar-refractivity contribution is 7.92. The molecule has 1 aliphatic heterocycles. The van der Waals surface area contributed by atoms with Crippen molar-refractivity contribution in [2.75, 3.05) is 16.2 Å². The Labute approximate surface area is 206 Å². The van der Waals surface area contributed by atoms with Gasteiger partial charge in [-0.2, -0.15) is 27.1 Å². The number of aryl methyl sites for hydroxylation is 1. The molecule has 1 atom stereocenters. The van der Waals surface area contributed by atoms with Gasteiger partial charge in [0.25, 0.3) is 15.9 Å². The number of carbonyl (C=O) groups excluding carboxylic acids is 1. The van der Waals surface area contributed by atoms with Gasteiger partial charge in [-0.1, -0.05) is 6.07 Å². The molecule has 0 spiro atoms. The number of nitrogens with one attached hydrogen (secondary N) is 1. The first-order chi connectivity index (χ1) is 17.2. The van der Waals surface area contributed by atoms with Gasteiger partial charge in [-0.25, -0.2) is 17.5 Å². The van der Waals surface area contributed by atoms with Gasteiger partial charge in [0.05, 0.1) is 35.2 Å². The Hall–Kier alpha value is -3.75. The average molecular weight is 548 g/mol. The van der Waals surface area contributed by atoms with Crippen molar-refractivity contribution in [1.29, 1.82) is 0 Å². The lowest BCUT2D eigenvalue weighted by molar-refractivity contribution is -0.138. The third kappa shape index (κ3) is 4.95. The molecule has 1 aliphatic rings. The van der Waals surface area contributed by atoms with Crippen LogP contribution in [0.1, 0.15) is 35.1 Å². The number of aromatic nitrogens is 2. The summed E-state index contributed by atoms with van der Waals surface area (Å²) in [7, 11) is -4.47. The van der Waals surface area contributed by atoms with E-state index in [9.17, 15) is 39.6 Å². The number of amides is 1. The summed E-state index contributed by atoms with van der Waals surface area (Å²) in [6, 6.07) is 5.67. The van der Waals surface area contributed by atoms with Gasteiger partial charge >= 0.3 is 12.7 Å². The summed E-state index contributed by atoms with van der Waals surface area (Å²) in [5.41, 5.74) is -3.21. The van der Waals surface area contributed by atoms with Gasteiger partial charge < -0.3 is 10.1 Å². The zero-order valence-corrected chi connectivity index (χ0v) is 19.9. The molecule has 2 aromatic carbocycles. The van der Waals surface area contributed by atoms with E-state index >= 15 is 0 Å². The lowest BCUT2D eigenvalue weighted by Gasteiger charge is -2.34. The van der Waals surface area contributed by atoms with Crippen molar-refractivity contribution in [3.63, 3.8) is 0 Å². The summed E-state index contributed by atoms with van der Waals surface area (Å²) >= 11 is 0. The minimum Gasteiger partial charge on any atom is -0.487 e. The fourth-order valence-corrected chi connectivity index (χ4v) is 5.53. The maximum absolute atomic E-state index is 14.2. The maximum Gasteiger partial charge on any atom is 0.417 e. The predicted molar refractivity (Wildman–Crippen MR) is 119 cm³/mol. The summed E-state index contributed by atoms with van der Waals surface area (Å²) < 4.78 is 114. The molecule has 1 amide bonds. The van der Waals surface area contributed by atoms with E-state index in [1.54, 1.807) is 6.92 Å². The summed E-state index contributed by atoms with van der Waals surface area (Å²) in [5, 5.41) is 5.66. The normalized spacial score (nSPS) is 15.9. The number of alkyl halides is 5. The number of fused-ring (bicyclic) bond motifs is 1. The van der Waals surface area contributed by atoms with Crippen LogP contribution in [0, 0.1) is 12.7 Å². The number of hydrogen-bond acceptors (Lipinski definition) is 5. The molecule has 37 heavy (non-hydrogen) atoms. The maximum atomic E-state index is 14.2. The molecule has 0 fully saturated rings. The minimum absolute atomic E-state index is 0.0427. The lowest BCUT2D eigenvalue weighted by atomic mass is 10.1. The molecule has 198 valence electrons. The van der Waals surface area contributed by atoms with Crippen molar-refractivity contribution in [2.24, 2.45) is 0 Å². The number of hydrogen-bond donors (Lipinski definition) is 1. The van der Waals surface area contributed by atoms with Crippen LogP contribution in [0.25, 0.3) is 0 Å². The molecular formula is C22H18F6N4O4S. The first kappa shape index (κ1) is 26.3. The highest BCUT2D eigenvalue weighted by Crippen LogP contribution is 2.40. The Bertz CT molecular complexity index is 1470. The Morgan fingerprint density at radius 3 is 2.54 bits per heavy atom. The van der Waals surface area contributed by atoms with Crippen LogP contribution in [0.15, 0.2) is 47.5 Å². The van der Waals surface area contributed by atoms with Crippen LogP contribution < -0.4 is 14.4 Å². The molecule has 0 bridgehead atoms. The Morgan fingerprint density at radius 1 is 1.22 bits per heavy atom. The molecule has 1 aromatic heterocycles. The van der Waals surface area contributed by atoms with Crippen LogP contribution in [-0.2, 0) is 16.2 Å². The molecule has 15 heteroatoms. The molecule has 3 aromatic rings. The highest BCUT2D eigenvalue weighted by atomic mass is 32.2. The van der Waals surface area contributed by atoms with Gasteiger partial charge in [-0.05, 0) is 44.2 Å². The fourth-order valence-electron chi connectivity index (χ4n) is 3.82. The second kappa shape index (κ2) is 9.28. The molecule has 0 aliphatic carbocycles. The zero-order valence-electron chi connectivity index (χ0n) is 19.1. The third-order valence-electron chi connectivity index (χ3n) is 5.42. The van der Waals surface area contributed by atoms with Crippen molar-refractivity contribution in [3.8, 4) is 5.75 Å². The van der Waals surface area contributed by atoms with Crippen molar-refractivity contribution < 1.29 is 44.3 Å². The van der Waals surface area contributed by atoms with Crippen molar-refractivity contribution in [2.45, 2.75) is 37.6 Å². The number of carbonyl (C=O) groups is 1. The number of benzene rings is 2. The van der Waals surface area contributed by atoms with Gasteiger partial charge in [0.2, 0.25) is 0 Å². The first-order valence-electron chi connectivity index (χ1n) is 10.5. The number of nitrogens with zero attached hydrogens (tertiary/aromatic N) is 3. The Kier molecular flexibility index (Phi) is 6.60. The van der Waals surface area contributed by atoms with Crippen molar-refractivity contribution in [1.82, 2.24) is 9.78 Å². The topological polar surface area (TPSA) is 93.5 Å². The molecule has 4 rings (SSSR count). The quantitative estimate of drug-likeness (QED) is 0.455. The molecule has 1 N–H and O–H groups in total. The summed E-state index contributed by atoms with van der Waals surface area (Å²) in [6.45, 7) is -0.537. The molecule has 0 radical (unpaired) electrons. The van der Waals surface area contributed by atoms with Crippen LogP contribution in [-0.4, -0.2) is 36.8 Å². The third-order valence-corrected chi connectivity index (χ3v) is 7.30. The molecule has 0 saturated heterocycles. The summed E-state index contributed by atoms with van der Waals surface area (Å²) in [5.74, 6) is -2.78. The SMILES string of the molecule is Cc1nn(C(F)F)cc1S(=O)(=O)N1C[C@H](C)Oc2ccc(NC(=O)c3c(F)cccc3C(F)(F)F)cc21. The number of anilines is 2. The number of sulfonamides is 1. The van der Waals surface area contributed by atoms with E-state index < -0.39 is 56.6 Å². The highest BCUT2D eigenvalue weighted by Gasteiger charge is 2.38. The van der Waals surface area contributed by atoms with E-state index in [0.717, 1.165) is 16.4 Å². The number of ether oxygens (including phenoxy) is 1. The predicted octanol–water partition coefficient (Wildman–Crippen LogP) is 4.97. The van der Waals surface area contributed by atoms with Crippen LogP contribution in [0.5, 0.6) is 5.75 Å². The van der Waals surface area contributed by atoms with Crippen molar-refractivity contribution >= 4 is 27.3 Å². The van der Waals surface area contributed by atoms with Gasteiger partial charge in [0.15, 0.2) is 0 Å². The largest absolute Gasteiger partial charge is 0.487 e. The van der Waals surface area contributed by atoms with Crippen LogP contribution in [0.4, 0.5) is 37.7 Å². The van der Waals surface area contributed by atoms with Crippen molar-refractivity contribution in [3.05, 3.63) is 65.2 Å². The van der Waals surface area contributed by atoms with Gasteiger partial charge in [-0.15, -0.1) is 0 Å². The van der Waals surface area contributed by atoms with E-state index in [1.807, 2.05) is 0 Å². The van der Waals surface area contributed by atoms with E-state index in [4.69, 9.17) is 4.74 Å². The molecule has 2 heterocycles. The smallest absolute Gasteiger partial charge is 0.417 e. The first-order valence-corrected chi connectivity index (χ1v) is 12.0. The van der Waals surface area contributed by atoms with Gasteiger partial charge in [0.1, 0.15) is 22.6 Å². The number of rotatable bonds is 5. The van der Waals surface area contributed by atoms with E-state index in [0.29, 0.717) is 18.3 Å². The molecule has 0 saturated carbocycles. The van der Waals surface area contributed by atoms with E-state index in [2.05, 4.69) is 10.4 Å². The Morgan fingerprint density at radius 2 is 1.92 bits per heavy atom. The van der Waals surface area contributed by atoms with Crippen LogP contribution in [0.3, 0.4) is 0 Å². The fraction of sp³-hybridized carbons (Fsp3) is 0.273. The van der Waals surface area contributed by atoms with Crippen LogP contribution >= 0.6 is 0 Å². The van der Waals surface area contributed by atoms with Gasteiger partial charge in [0, 0.05) is 5.69 Å². The second-order valence-electron chi connectivity index (χ2n) is 8.10. The Balaban J connectivity index is 1.73. The molecular weight excluding hydrogens is 530 g/mol. The second-order valence-corrected chi connectivity index (χ2v) is 9.93. The van der Waals surface area contributed by atoms with E-state index in [1.165, 1.54) is 19.1 Å². The standard InChI is InChI=1S/C22H18F6N4O4S/c1-11-9-32(37(34,35)18-10-31(21(24)25)30-12(18)2)16-8-13(6-7-17(16)36-11)29-20(33)19-14(22(26,27)28)4-3-5-15(19)23/h3-8,10-11,21H,9H2,1-2H3,(H,29,33)/t11-/m0/s1. The zero-order chi connectivity index (χ0) is 27.3. The minimum atomic E-state index is -5.01. The van der Waals surface area contributed by atoms with Crippen LogP contribution in [0.2, 0.25) is 0 Å². The molecule has 0 unspecified atom stereocenters. The van der Waals surface area contributed by atoms with Gasteiger partial charge in [-0.3, -0.25) is 9.10 Å². The lowest BCUT2D eigenvalue weighted by Crippen LogP contribution is -2.42.